The molecule has 1 aliphatic heterocycles. The van der Waals surface area contributed by atoms with E-state index in [0.29, 0.717) is 29.0 Å². The molecule has 38 heavy (non-hydrogen) atoms. The van der Waals surface area contributed by atoms with Gasteiger partial charge in [-0.05, 0) is 49.6 Å². The number of nitrogens with zero attached hydrogens (tertiary/aromatic N) is 3. The quantitative estimate of drug-likeness (QED) is 0.202. The van der Waals surface area contributed by atoms with E-state index in [-0.39, 0.29) is 12.6 Å². The maximum Gasteiger partial charge on any atom is 0.338 e. The molecule has 0 fully saturated rings. The number of nitrogens with one attached hydrogen (secondary N) is 1. The highest BCUT2D eigenvalue weighted by atomic mass is 32.2. The number of ether oxygens (including phenoxy) is 2. The molecule has 8 heteroatoms. The van der Waals surface area contributed by atoms with E-state index in [0.717, 1.165) is 22.6 Å². The molecule has 0 radical (unpaired) electrons. The van der Waals surface area contributed by atoms with Crippen LogP contribution < -0.4 is 10.1 Å². The van der Waals surface area contributed by atoms with Gasteiger partial charge >= 0.3 is 5.97 Å². The van der Waals surface area contributed by atoms with Gasteiger partial charge in [0.2, 0.25) is 11.1 Å². The number of hydrogen-bond acceptors (Lipinski definition) is 7. The maximum absolute atomic E-state index is 13.1. The van der Waals surface area contributed by atoms with Gasteiger partial charge in [-0.1, -0.05) is 84.1 Å². The largest absolute Gasteiger partial charge is 0.489 e. The highest BCUT2D eigenvalue weighted by Gasteiger charge is 2.35. The van der Waals surface area contributed by atoms with Gasteiger partial charge in [-0.3, -0.25) is 0 Å². The number of thioether (sulfide) groups is 1. The van der Waals surface area contributed by atoms with Gasteiger partial charge in [-0.15, -0.1) is 5.10 Å². The van der Waals surface area contributed by atoms with Crippen LogP contribution in [0.3, 0.4) is 0 Å². The Labute approximate surface area is 226 Å². The fourth-order valence-electron chi connectivity index (χ4n) is 4.41. The van der Waals surface area contributed by atoms with E-state index in [1.165, 1.54) is 11.1 Å². The lowest BCUT2D eigenvalue weighted by atomic mass is 9.96. The molecule has 7 nitrogen and oxygen atoms in total. The van der Waals surface area contributed by atoms with Crippen LogP contribution in [0.1, 0.15) is 42.1 Å². The zero-order chi connectivity index (χ0) is 26.5. The molecule has 1 atom stereocenters. The third kappa shape index (κ3) is 5.75. The molecule has 0 saturated heterocycles. The predicted molar refractivity (Wildman–Crippen MR) is 149 cm³/mol. The van der Waals surface area contributed by atoms with Gasteiger partial charge in [-0.25, -0.2) is 9.48 Å². The van der Waals surface area contributed by atoms with Crippen LogP contribution >= 0.6 is 11.8 Å². The van der Waals surface area contributed by atoms with E-state index in [1.807, 2.05) is 55.5 Å². The Balaban J connectivity index is 1.41. The summed E-state index contributed by atoms with van der Waals surface area (Å²) >= 11 is 1.56. The number of rotatable bonds is 9. The van der Waals surface area contributed by atoms with Crippen LogP contribution in [-0.2, 0) is 21.9 Å². The van der Waals surface area contributed by atoms with Crippen LogP contribution in [0.15, 0.2) is 95.3 Å². The Morgan fingerprint density at radius 2 is 1.76 bits per heavy atom. The topological polar surface area (TPSA) is 78.3 Å². The Bertz CT molecular complexity index is 1450. The molecule has 0 saturated carbocycles. The molecule has 1 N–H and O–H groups in total. The van der Waals surface area contributed by atoms with Gasteiger partial charge in [0.05, 0.1) is 12.2 Å². The van der Waals surface area contributed by atoms with Crippen molar-refractivity contribution < 1.29 is 14.3 Å². The van der Waals surface area contributed by atoms with E-state index in [2.05, 4.69) is 42.6 Å². The van der Waals surface area contributed by atoms with Crippen molar-refractivity contribution in [2.45, 2.75) is 44.3 Å². The number of esters is 1. The second kappa shape index (κ2) is 11.6. The molecule has 4 aromatic rings. The molecule has 1 aromatic heterocycles. The molecule has 3 aromatic carbocycles. The third-order valence-corrected chi connectivity index (χ3v) is 7.13. The first-order chi connectivity index (χ1) is 18.5. The van der Waals surface area contributed by atoms with E-state index in [1.54, 1.807) is 23.4 Å². The highest BCUT2D eigenvalue weighted by Crippen LogP contribution is 2.37. The second-order valence-electron chi connectivity index (χ2n) is 9.07. The Kier molecular flexibility index (Phi) is 7.79. The summed E-state index contributed by atoms with van der Waals surface area (Å²) in [6.45, 7) is 6.51. The van der Waals surface area contributed by atoms with Crippen LogP contribution in [0.25, 0.3) is 0 Å². The summed E-state index contributed by atoms with van der Waals surface area (Å²) in [5, 5.41) is 8.68. The molecule has 1 aliphatic rings. The van der Waals surface area contributed by atoms with Crippen LogP contribution in [-0.4, -0.2) is 27.3 Å². The predicted octanol–water partition coefficient (Wildman–Crippen LogP) is 6.31. The lowest BCUT2D eigenvalue weighted by molar-refractivity contribution is -0.139. The lowest BCUT2D eigenvalue weighted by Gasteiger charge is -2.28. The summed E-state index contributed by atoms with van der Waals surface area (Å²) in [6, 6.07) is 25.8. The minimum atomic E-state index is -0.477. The monoisotopic (exact) mass is 526 g/mol. The number of aryl methyl sites for hydroxylation is 1. The highest BCUT2D eigenvalue weighted by molar-refractivity contribution is 7.98. The van der Waals surface area contributed by atoms with Crippen molar-refractivity contribution in [3.63, 3.8) is 0 Å². The first-order valence-corrected chi connectivity index (χ1v) is 13.6. The number of carbonyl (C=O) groups excluding carboxylic acids is 1. The first-order valence-electron chi connectivity index (χ1n) is 12.6. The summed E-state index contributed by atoms with van der Waals surface area (Å²) in [4.78, 5) is 17.8. The maximum atomic E-state index is 13.1. The minimum absolute atomic E-state index is 0.288. The Hall–Kier alpha value is -4.04. The van der Waals surface area contributed by atoms with E-state index < -0.39 is 6.04 Å². The fourth-order valence-corrected chi connectivity index (χ4v) is 5.20. The van der Waals surface area contributed by atoms with Crippen LogP contribution in [0, 0.1) is 6.92 Å². The SMILES string of the molecule is CCOC(=O)C1=C(C)Nc2nc(SCc3ccccc3)nn2C1c1ccc(OCc2cccc(C)c2)cc1. The molecule has 194 valence electrons. The van der Waals surface area contributed by atoms with Crippen molar-refractivity contribution >= 4 is 23.7 Å². The lowest BCUT2D eigenvalue weighted by Crippen LogP contribution is -2.29. The smallest absolute Gasteiger partial charge is 0.338 e. The number of anilines is 1. The normalized spacial score (nSPS) is 14.6. The van der Waals surface area contributed by atoms with Crippen molar-refractivity contribution in [2.24, 2.45) is 0 Å². The molecular weight excluding hydrogens is 496 g/mol. The number of allylic oxidation sites excluding steroid dienone is 1. The van der Waals surface area contributed by atoms with Gasteiger partial charge in [0.25, 0.3) is 0 Å². The van der Waals surface area contributed by atoms with E-state index >= 15 is 0 Å². The molecule has 0 amide bonds. The van der Waals surface area contributed by atoms with Gasteiger partial charge in [-0.2, -0.15) is 4.98 Å². The summed E-state index contributed by atoms with van der Waals surface area (Å²) in [6.07, 6.45) is 0. The standard InChI is InChI=1S/C30H30N4O3S/c1-4-36-28(35)26-21(3)31-29-32-30(38-19-22-10-6-5-7-11-22)33-34(29)27(26)24-13-15-25(16-14-24)37-18-23-12-8-9-20(2)17-23/h5-17,27H,4,18-19H2,1-3H3,(H,31,32,33). The molecule has 1 unspecified atom stereocenters. The Morgan fingerprint density at radius 1 is 1.00 bits per heavy atom. The van der Waals surface area contributed by atoms with Crippen LogP contribution in [0.4, 0.5) is 5.95 Å². The van der Waals surface area contributed by atoms with Gasteiger partial charge in [0.1, 0.15) is 18.4 Å². The van der Waals surface area contributed by atoms with Crippen LogP contribution in [0.2, 0.25) is 0 Å². The zero-order valence-corrected chi connectivity index (χ0v) is 22.5. The average Bonchev–Trinajstić information content (AvgIpc) is 3.33. The number of benzene rings is 3. The summed E-state index contributed by atoms with van der Waals surface area (Å²) < 4.78 is 13.2. The molecule has 2 heterocycles. The van der Waals surface area contributed by atoms with Crippen molar-refractivity contribution in [1.82, 2.24) is 14.8 Å². The minimum Gasteiger partial charge on any atom is -0.489 e. The number of aromatic nitrogens is 3. The van der Waals surface area contributed by atoms with Crippen molar-refractivity contribution in [2.75, 3.05) is 11.9 Å². The first kappa shape index (κ1) is 25.6. The third-order valence-electron chi connectivity index (χ3n) is 6.22. The number of hydrogen-bond donors (Lipinski definition) is 1. The Morgan fingerprint density at radius 3 is 2.50 bits per heavy atom. The van der Waals surface area contributed by atoms with Crippen molar-refractivity contribution in [3.8, 4) is 5.75 Å². The van der Waals surface area contributed by atoms with E-state index in [4.69, 9.17) is 19.6 Å². The van der Waals surface area contributed by atoms with Crippen molar-refractivity contribution in [1.29, 1.82) is 0 Å². The summed E-state index contributed by atoms with van der Waals surface area (Å²) in [5.41, 5.74) is 5.61. The number of carbonyl (C=O) groups is 1. The molecule has 0 spiro atoms. The molecule has 0 aliphatic carbocycles. The van der Waals surface area contributed by atoms with Gasteiger partial charge in [0.15, 0.2) is 0 Å². The van der Waals surface area contributed by atoms with Crippen molar-refractivity contribution in [3.05, 3.63) is 112 Å². The molecule has 0 bridgehead atoms. The van der Waals surface area contributed by atoms with Gasteiger partial charge in [0, 0.05) is 11.4 Å². The second-order valence-corrected chi connectivity index (χ2v) is 10.0. The van der Waals surface area contributed by atoms with Gasteiger partial charge < -0.3 is 14.8 Å². The average molecular weight is 527 g/mol. The zero-order valence-electron chi connectivity index (χ0n) is 21.7. The fraction of sp³-hybridized carbons (Fsp3) is 0.233. The number of fused-ring (bicyclic) bond motifs is 1. The molecule has 5 rings (SSSR count). The molecular formula is C30H30N4O3S. The van der Waals surface area contributed by atoms with Crippen LogP contribution in [0.5, 0.6) is 5.75 Å². The summed E-state index contributed by atoms with van der Waals surface area (Å²) in [5.74, 6) is 1.72. The van der Waals surface area contributed by atoms with E-state index in [9.17, 15) is 4.79 Å². The summed E-state index contributed by atoms with van der Waals surface area (Å²) in [7, 11) is 0.